The van der Waals surface area contributed by atoms with Crippen LogP contribution in [-0.2, 0) is 25.7 Å². The second kappa shape index (κ2) is 13.3. The first-order valence-electron chi connectivity index (χ1n) is 13.8. The van der Waals surface area contributed by atoms with Gasteiger partial charge >= 0.3 is 0 Å². The van der Waals surface area contributed by atoms with E-state index in [1.165, 1.54) is 4.90 Å². The highest BCUT2D eigenvalue weighted by molar-refractivity contribution is 6.46. The number of ether oxygens (including phenoxy) is 3. The summed E-state index contributed by atoms with van der Waals surface area (Å²) in [5.41, 5.74) is 7.21. The number of Topliss-reactive ketones (excluding diaryl/α,β-unsaturated/α-hetero) is 1. The van der Waals surface area contributed by atoms with Crippen molar-refractivity contribution in [2.75, 3.05) is 46.0 Å². The van der Waals surface area contributed by atoms with Crippen molar-refractivity contribution in [1.82, 2.24) is 9.80 Å². The van der Waals surface area contributed by atoms with E-state index in [2.05, 4.69) is 4.90 Å². The molecule has 2 heterocycles. The predicted octanol–water partition coefficient (Wildman–Crippen LogP) is 2.88. The Kier molecular flexibility index (Phi) is 9.15. The fourth-order valence-corrected chi connectivity index (χ4v) is 5.04. The quantitative estimate of drug-likeness (QED) is 0.204. The molecule has 10 nitrogen and oxygen atoms in total. The van der Waals surface area contributed by atoms with E-state index in [0.29, 0.717) is 49.0 Å². The molecule has 2 fully saturated rings. The van der Waals surface area contributed by atoms with Crippen LogP contribution < -0.4 is 15.2 Å². The van der Waals surface area contributed by atoms with Gasteiger partial charge in [0.15, 0.2) is 6.61 Å². The smallest absolute Gasteiger partial charge is 0.295 e. The van der Waals surface area contributed by atoms with E-state index in [1.54, 1.807) is 48.5 Å². The number of primary amides is 1. The van der Waals surface area contributed by atoms with Gasteiger partial charge in [-0.15, -0.1) is 0 Å². The number of carbonyl (C=O) groups excluding carboxylic acids is 3. The maximum Gasteiger partial charge on any atom is 0.295 e. The molecule has 1 atom stereocenters. The average molecular weight is 572 g/mol. The standard InChI is InChI=1S/C32H33N3O7/c33-27(36)21-42-26-10-6-23(7-11-26)29-28(31(38)32(39)35(29)15-14-34-16-18-40-19-17-34)30(37)24-8-12-25(13-9-24)41-20-22-4-2-1-3-5-22/h1-13,29,37H,14-21H2,(H2,33,36)/b30-28+. The van der Waals surface area contributed by atoms with Crippen LogP contribution in [0.5, 0.6) is 11.5 Å². The fraction of sp³-hybridized carbons (Fsp3) is 0.281. The number of hydrogen-bond acceptors (Lipinski definition) is 8. The highest BCUT2D eigenvalue weighted by Crippen LogP contribution is 2.40. The topological polar surface area (TPSA) is 132 Å². The highest BCUT2D eigenvalue weighted by Gasteiger charge is 2.46. The van der Waals surface area contributed by atoms with Crippen molar-refractivity contribution in [2.45, 2.75) is 12.6 Å². The Hall–Kier alpha value is -4.67. The van der Waals surface area contributed by atoms with E-state index >= 15 is 0 Å². The third-order valence-electron chi connectivity index (χ3n) is 7.25. The third kappa shape index (κ3) is 6.79. The number of morpholine rings is 1. The van der Waals surface area contributed by atoms with Crippen molar-refractivity contribution < 1.29 is 33.7 Å². The van der Waals surface area contributed by atoms with E-state index < -0.39 is 23.6 Å². The van der Waals surface area contributed by atoms with Crippen LogP contribution >= 0.6 is 0 Å². The van der Waals surface area contributed by atoms with Crippen LogP contribution in [0.4, 0.5) is 0 Å². The zero-order valence-corrected chi connectivity index (χ0v) is 23.1. The number of benzene rings is 3. The molecular formula is C32H33N3O7. The summed E-state index contributed by atoms with van der Waals surface area (Å²) >= 11 is 0. The zero-order chi connectivity index (χ0) is 29.5. The Balaban J connectivity index is 1.42. The van der Waals surface area contributed by atoms with Crippen molar-refractivity contribution in [3.63, 3.8) is 0 Å². The average Bonchev–Trinajstić information content (AvgIpc) is 3.28. The number of aliphatic hydroxyl groups excluding tert-OH is 1. The van der Waals surface area contributed by atoms with Gasteiger partial charge in [-0.3, -0.25) is 19.3 Å². The molecule has 2 amide bonds. The number of amides is 2. The number of nitrogens with two attached hydrogens (primary N) is 1. The molecular weight excluding hydrogens is 538 g/mol. The summed E-state index contributed by atoms with van der Waals surface area (Å²) in [6, 6.07) is 22.4. The van der Waals surface area contributed by atoms with E-state index in [-0.39, 0.29) is 24.5 Å². The first-order chi connectivity index (χ1) is 20.4. The Morgan fingerprint density at radius 3 is 2.19 bits per heavy atom. The normalized spacial score (nSPS) is 18.7. The Labute approximate surface area is 243 Å². The fourth-order valence-electron chi connectivity index (χ4n) is 5.04. The van der Waals surface area contributed by atoms with Crippen molar-refractivity contribution in [3.8, 4) is 11.5 Å². The second-order valence-corrected chi connectivity index (χ2v) is 10.1. The predicted molar refractivity (Wildman–Crippen MR) is 155 cm³/mol. The Bertz CT molecular complexity index is 1430. The minimum atomic E-state index is -0.815. The number of aliphatic hydroxyl groups is 1. The summed E-state index contributed by atoms with van der Waals surface area (Å²) in [7, 11) is 0. The molecule has 0 aliphatic carbocycles. The maximum absolute atomic E-state index is 13.4. The molecule has 2 aliphatic rings. The SMILES string of the molecule is NC(=O)COc1ccc(C2/C(=C(\O)c3ccc(OCc4ccccc4)cc3)C(=O)C(=O)N2CCN2CCOCC2)cc1. The first-order valence-corrected chi connectivity index (χ1v) is 13.8. The van der Waals surface area contributed by atoms with Gasteiger partial charge in [0.1, 0.15) is 23.9 Å². The summed E-state index contributed by atoms with van der Waals surface area (Å²) in [5.74, 6) is -1.29. The molecule has 0 aromatic heterocycles. The number of hydrogen-bond donors (Lipinski definition) is 2. The molecule has 5 rings (SSSR count). The molecule has 2 saturated heterocycles. The molecule has 3 aromatic rings. The van der Waals surface area contributed by atoms with Gasteiger partial charge in [0, 0.05) is 31.7 Å². The molecule has 3 aromatic carbocycles. The van der Waals surface area contributed by atoms with Gasteiger partial charge in [0.2, 0.25) is 0 Å². The molecule has 1 unspecified atom stereocenters. The third-order valence-corrected chi connectivity index (χ3v) is 7.25. The summed E-state index contributed by atoms with van der Waals surface area (Å²) in [6.07, 6.45) is 0. The number of ketones is 1. The summed E-state index contributed by atoms with van der Waals surface area (Å²) < 4.78 is 16.6. The number of nitrogens with zero attached hydrogens (tertiary/aromatic N) is 2. The lowest BCUT2D eigenvalue weighted by molar-refractivity contribution is -0.140. The van der Waals surface area contributed by atoms with Crippen LogP contribution in [0.2, 0.25) is 0 Å². The van der Waals surface area contributed by atoms with Gasteiger partial charge in [-0.25, -0.2) is 0 Å². The maximum atomic E-state index is 13.4. The molecule has 10 heteroatoms. The molecule has 0 radical (unpaired) electrons. The number of carbonyl (C=O) groups is 3. The molecule has 0 bridgehead atoms. The van der Waals surface area contributed by atoms with E-state index in [1.807, 2.05) is 30.3 Å². The molecule has 0 saturated carbocycles. The lowest BCUT2D eigenvalue weighted by Crippen LogP contribution is -2.42. The minimum absolute atomic E-state index is 0.00531. The van der Waals surface area contributed by atoms with Crippen molar-refractivity contribution in [2.24, 2.45) is 5.73 Å². The van der Waals surface area contributed by atoms with Gasteiger partial charge in [-0.05, 0) is 47.5 Å². The lowest BCUT2D eigenvalue weighted by Gasteiger charge is -2.31. The van der Waals surface area contributed by atoms with Crippen molar-refractivity contribution in [3.05, 3.63) is 101 Å². The zero-order valence-electron chi connectivity index (χ0n) is 23.1. The summed E-state index contributed by atoms with van der Waals surface area (Å²) in [5, 5.41) is 11.4. The van der Waals surface area contributed by atoms with Gasteiger partial charge in [0.25, 0.3) is 17.6 Å². The second-order valence-electron chi connectivity index (χ2n) is 10.1. The van der Waals surface area contributed by atoms with Crippen LogP contribution in [0.15, 0.2) is 84.4 Å². The van der Waals surface area contributed by atoms with Crippen molar-refractivity contribution >= 4 is 23.4 Å². The van der Waals surface area contributed by atoms with E-state index in [4.69, 9.17) is 19.9 Å². The van der Waals surface area contributed by atoms with Gasteiger partial charge < -0.3 is 30.0 Å². The largest absolute Gasteiger partial charge is 0.507 e. The minimum Gasteiger partial charge on any atom is -0.507 e. The number of rotatable bonds is 11. The molecule has 2 aliphatic heterocycles. The van der Waals surface area contributed by atoms with Gasteiger partial charge in [0.05, 0.1) is 24.8 Å². The number of likely N-dealkylation sites (tertiary alicyclic amines) is 1. The van der Waals surface area contributed by atoms with Gasteiger partial charge in [-0.2, -0.15) is 0 Å². The Morgan fingerprint density at radius 1 is 0.881 bits per heavy atom. The Morgan fingerprint density at radius 2 is 1.52 bits per heavy atom. The summed E-state index contributed by atoms with van der Waals surface area (Å²) in [4.78, 5) is 41.5. The van der Waals surface area contributed by atoms with E-state index in [9.17, 15) is 19.5 Å². The van der Waals surface area contributed by atoms with Crippen LogP contribution in [0.1, 0.15) is 22.7 Å². The van der Waals surface area contributed by atoms with Crippen LogP contribution in [-0.4, -0.2) is 78.5 Å². The monoisotopic (exact) mass is 571 g/mol. The summed E-state index contributed by atoms with van der Waals surface area (Å²) in [6.45, 7) is 3.65. The highest BCUT2D eigenvalue weighted by atomic mass is 16.5. The molecule has 218 valence electrons. The molecule has 0 spiro atoms. The van der Waals surface area contributed by atoms with Crippen molar-refractivity contribution in [1.29, 1.82) is 0 Å². The van der Waals surface area contributed by atoms with E-state index in [0.717, 1.165) is 18.7 Å². The van der Waals surface area contributed by atoms with Crippen LogP contribution in [0.3, 0.4) is 0 Å². The first kappa shape index (κ1) is 28.8. The van der Waals surface area contributed by atoms with Gasteiger partial charge in [-0.1, -0.05) is 42.5 Å². The molecule has 42 heavy (non-hydrogen) atoms. The molecule has 3 N–H and O–H groups in total. The van der Waals surface area contributed by atoms with Crippen LogP contribution in [0.25, 0.3) is 5.76 Å². The lowest BCUT2D eigenvalue weighted by atomic mass is 9.95. The van der Waals surface area contributed by atoms with Crippen LogP contribution in [0, 0.1) is 0 Å².